The summed E-state index contributed by atoms with van der Waals surface area (Å²) in [6.07, 6.45) is 4.80. The molecule has 0 aliphatic heterocycles. The maximum Gasteiger partial charge on any atom is 0.247 e. The zero-order valence-corrected chi connectivity index (χ0v) is 21.4. The first kappa shape index (κ1) is 21.9. The van der Waals surface area contributed by atoms with E-state index in [1.165, 1.54) is 12.0 Å². The fourth-order valence-electron chi connectivity index (χ4n) is 4.00. The Morgan fingerprint density at radius 3 is 2.76 bits per heavy atom. The Morgan fingerprint density at radius 1 is 1.22 bits per heavy atom. The molecule has 0 aliphatic rings. The van der Waals surface area contributed by atoms with Gasteiger partial charge in [0.05, 0.1) is 29.9 Å². The molecular formula is C28H33N7O2. The highest BCUT2D eigenvalue weighted by Gasteiger charge is 2.17. The van der Waals surface area contributed by atoms with Crippen LogP contribution in [0.2, 0.25) is 0 Å². The summed E-state index contributed by atoms with van der Waals surface area (Å²) in [5.74, 6) is 0.173. The number of benzene rings is 2. The van der Waals surface area contributed by atoms with Crippen LogP contribution in [0.4, 0.5) is 23.0 Å². The fraction of sp³-hybridized carbons (Fsp3) is 0.250. The second-order valence-corrected chi connectivity index (χ2v) is 8.78. The number of rotatable bonds is 10. The number of amides is 1. The van der Waals surface area contributed by atoms with Gasteiger partial charge in [-0.25, -0.2) is 9.97 Å². The molecule has 0 radical (unpaired) electrons. The Kier molecular flexibility index (Phi) is 6.58. The van der Waals surface area contributed by atoms with Crippen molar-refractivity contribution < 1.29 is 13.6 Å². The summed E-state index contributed by atoms with van der Waals surface area (Å²) in [6.45, 7) is 1.71. The molecular weight excluding hydrogens is 466 g/mol. The van der Waals surface area contributed by atoms with E-state index in [1.54, 1.807) is 18.3 Å². The molecule has 2 aromatic heterocycles. The van der Waals surface area contributed by atoms with Crippen molar-refractivity contribution in [2.45, 2.75) is 0 Å². The average molecular weight is 503 g/mol. The van der Waals surface area contributed by atoms with E-state index in [-0.39, 0.29) is 17.9 Å². The number of nitrogens with one attached hydrogen (secondary N) is 2. The second kappa shape index (κ2) is 11.1. The van der Waals surface area contributed by atoms with E-state index in [1.807, 2.05) is 67.1 Å². The summed E-state index contributed by atoms with van der Waals surface area (Å²) < 4.78 is 32.1. The lowest BCUT2D eigenvalue weighted by molar-refractivity contribution is -0.111. The van der Waals surface area contributed by atoms with Crippen LogP contribution < -0.4 is 20.3 Å². The quantitative estimate of drug-likeness (QED) is 0.309. The van der Waals surface area contributed by atoms with Crippen molar-refractivity contribution in [1.29, 1.82) is 0 Å². The summed E-state index contributed by atoms with van der Waals surface area (Å²) in [7, 11) is 7.19. The third kappa shape index (κ3) is 5.73. The molecule has 0 fully saturated rings. The number of aromatic nitrogens is 3. The predicted octanol–water partition coefficient (Wildman–Crippen LogP) is 4.51. The van der Waals surface area contributed by atoms with Gasteiger partial charge in [-0.15, -0.1) is 0 Å². The first-order valence-corrected chi connectivity index (χ1v) is 11.7. The van der Waals surface area contributed by atoms with Gasteiger partial charge in [0.25, 0.3) is 0 Å². The van der Waals surface area contributed by atoms with Gasteiger partial charge in [-0.3, -0.25) is 4.79 Å². The third-order valence-corrected chi connectivity index (χ3v) is 5.90. The van der Waals surface area contributed by atoms with Gasteiger partial charge in [0.2, 0.25) is 11.9 Å². The summed E-state index contributed by atoms with van der Waals surface area (Å²) in [5, 5.41) is 6.98. The molecule has 4 rings (SSSR count). The first-order valence-electron chi connectivity index (χ1n) is 13.2. The first-order chi connectivity index (χ1) is 19.0. The summed E-state index contributed by atoms with van der Waals surface area (Å²) in [6, 6.07) is 13.1. The van der Waals surface area contributed by atoms with Crippen LogP contribution in [0.15, 0.2) is 67.5 Å². The molecule has 2 aromatic carbocycles. The van der Waals surface area contributed by atoms with Gasteiger partial charge >= 0.3 is 0 Å². The van der Waals surface area contributed by atoms with E-state index < -0.39 is 12.9 Å². The topological polar surface area (TPSA) is 87.6 Å². The van der Waals surface area contributed by atoms with Crippen molar-refractivity contribution in [2.24, 2.45) is 7.05 Å². The normalized spacial score (nSPS) is 12.5. The van der Waals surface area contributed by atoms with Crippen molar-refractivity contribution in [2.75, 3.05) is 56.8 Å². The molecule has 9 nitrogen and oxygen atoms in total. The van der Waals surface area contributed by atoms with E-state index in [9.17, 15) is 4.79 Å². The zero-order valence-electron chi connectivity index (χ0n) is 24.4. The SMILES string of the molecule is [2H]C([2H])([2H])N(CCN(C)C)c1cc(OC)c(Nc2nccc(-c3cn(C)c4ccccc34)n2)cc1NC(=O)C=C. The molecule has 0 unspecified atom stereocenters. The van der Waals surface area contributed by atoms with Crippen LogP contribution in [-0.4, -0.2) is 66.6 Å². The van der Waals surface area contributed by atoms with E-state index in [2.05, 4.69) is 22.2 Å². The Labute approximate surface area is 221 Å². The minimum Gasteiger partial charge on any atom is -0.494 e. The number of carbonyl (C=O) groups is 1. The molecule has 9 heteroatoms. The maximum absolute atomic E-state index is 12.3. The minimum atomic E-state index is -2.47. The molecule has 0 saturated heterocycles. The van der Waals surface area contributed by atoms with Gasteiger partial charge in [-0.2, -0.15) is 0 Å². The number of nitrogens with zero attached hydrogens (tertiary/aromatic N) is 5. The average Bonchev–Trinajstić information content (AvgIpc) is 3.25. The standard InChI is InChI=1S/C28H33N7O2/c1-7-27(36)30-22-16-23(26(37-6)17-25(22)34(4)15-14-33(2)3)32-28-29-13-12-21(31-28)20-18-35(5)24-11-9-8-10-19(20)24/h7-13,16-18H,1,14-15H2,2-6H3,(H,30,36)(H,29,31,32)/i4D3. The lowest BCUT2D eigenvalue weighted by Gasteiger charge is -2.26. The summed E-state index contributed by atoms with van der Waals surface area (Å²) >= 11 is 0. The van der Waals surface area contributed by atoms with Gasteiger partial charge in [-0.1, -0.05) is 24.8 Å². The number of aryl methyl sites for hydroxylation is 1. The van der Waals surface area contributed by atoms with Gasteiger partial charge in [0.1, 0.15) is 5.75 Å². The summed E-state index contributed by atoms with van der Waals surface area (Å²) in [5.41, 5.74) is 3.76. The number of ether oxygens (including phenoxy) is 1. The molecule has 0 saturated carbocycles. The molecule has 2 N–H and O–H groups in total. The fourth-order valence-corrected chi connectivity index (χ4v) is 4.00. The van der Waals surface area contributed by atoms with E-state index in [0.29, 0.717) is 23.9 Å². The number of para-hydroxylation sites is 1. The van der Waals surface area contributed by atoms with Crippen molar-refractivity contribution in [3.8, 4) is 17.0 Å². The van der Waals surface area contributed by atoms with Crippen molar-refractivity contribution in [3.05, 3.63) is 67.5 Å². The molecule has 192 valence electrons. The van der Waals surface area contributed by atoms with E-state index >= 15 is 0 Å². The molecule has 37 heavy (non-hydrogen) atoms. The monoisotopic (exact) mass is 502 g/mol. The number of likely N-dealkylation sites (N-methyl/N-ethyl adjacent to an activating group) is 2. The molecule has 0 atom stereocenters. The molecule has 4 aromatic rings. The van der Waals surface area contributed by atoms with Crippen LogP contribution in [-0.2, 0) is 11.8 Å². The Bertz CT molecular complexity index is 1530. The number of carbonyl (C=O) groups excluding carboxylic acids is 1. The predicted molar refractivity (Wildman–Crippen MR) is 151 cm³/mol. The van der Waals surface area contributed by atoms with Crippen LogP contribution in [0.5, 0.6) is 5.75 Å². The molecule has 2 heterocycles. The minimum absolute atomic E-state index is 0.187. The molecule has 0 aliphatic carbocycles. The van der Waals surface area contributed by atoms with Crippen LogP contribution >= 0.6 is 0 Å². The largest absolute Gasteiger partial charge is 0.494 e. The van der Waals surface area contributed by atoms with E-state index in [0.717, 1.165) is 28.2 Å². The number of anilines is 4. The van der Waals surface area contributed by atoms with Crippen LogP contribution in [0, 0.1) is 0 Å². The smallest absolute Gasteiger partial charge is 0.247 e. The summed E-state index contributed by atoms with van der Waals surface area (Å²) in [4.78, 5) is 24.6. The van der Waals surface area contributed by atoms with Gasteiger partial charge in [0.15, 0.2) is 0 Å². The highest BCUT2D eigenvalue weighted by molar-refractivity contribution is 6.02. The molecule has 1 amide bonds. The van der Waals surface area contributed by atoms with Crippen molar-refractivity contribution in [3.63, 3.8) is 0 Å². The van der Waals surface area contributed by atoms with Crippen LogP contribution in [0.25, 0.3) is 22.2 Å². The van der Waals surface area contributed by atoms with Crippen LogP contribution in [0.3, 0.4) is 0 Å². The number of hydrogen-bond donors (Lipinski definition) is 2. The lowest BCUT2D eigenvalue weighted by Crippen LogP contribution is -2.29. The number of fused-ring (bicyclic) bond motifs is 1. The van der Waals surface area contributed by atoms with Gasteiger partial charge in [0, 0.05) is 66.2 Å². The Hall–Kier alpha value is -4.37. The second-order valence-electron chi connectivity index (χ2n) is 8.78. The Morgan fingerprint density at radius 2 is 2.03 bits per heavy atom. The van der Waals surface area contributed by atoms with E-state index in [4.69, 9.17) is 13.8 Å². The maximum atomic E-state index is 12.3. The van der Waals surface area contributed by atoms with Crippen molar-refractivity contribution in [1.82, 2.24) is 19.4 Å². The lowest BCUT2D eigenvalue weighted by atomic mass is 10.1. The van der Waals surface area contributed by atoms with Gasteiger partial charge < -0.3 is 29.7 Å². The third-order valence-electron chi connectivity index (χ3n) is 5.90. The van der Waals surface area contributed by atoms with Gasteiger partial charge in [-0.05, 0) is 38.4 Å². The zero-order chi connectivity index (χ0) is 29.0. The highest BCUT2D eigenvalue weighted by Crippen LogP contribution is 2.38. The number of hydrogen-bond acceptors (Lipinski definition) is 7. The van der Waals surface area contributed by atoms with Crippen LogP contribution in [0.1, 0.15) is 4.11 Å². The number of methoxy groups -OCH3 is 1. The van der Waals surface area contributed by atoms with Crippen molar-refractivity contribution >= 4 is 39.8 Å². The Balaban J connectivity index is 1.77. The molecule has 0 spiro atoms. The molecule has 0 bridgehead atoms. The highest BCUT2D eigenvalue weighted by atomic mass is 16.5.